The van der Waals surface area contributed by atoms with Crippen LogP contribution < -0.4 is 16.4 Å². The van der Waals surface area contributed by atoms with Crippen LogP contribution in [0.1, 0.15) is 34.5 Å². The van der Waals surface area contributed by atoms with Crippen molar-refractivity contribution in [2.24, 2.45) is 18.5 Å². The number of rotatable bonds is 9. The maximum atomic E-state index is 12.9. The number of carbonyl (C=O) groups is 1. The van der Waals surface area contributed by atoms with Crippen molar-refractivity contribution in [2.75, 3.05) is 11.9 Å². The molecule has 0 unspecified atom stereocenters. The Hall–Kier alpha value is -4.46. The van der Waals surface area contributed by atoms with E-state index in [9.17, 15) is 4.79 Å². The van der Waals surface area contributed by atoms with Gasteiger partial charge in [0.2, 0.25) is 5.91 Å². The fourth-order valence-corrected chi connectivity index (χ4v) is 4.19. The number of imidazole rings is 1. The van der Waals surface area contributed by atoms with Gasteiger partial charge in [0.25, 0.3) is 0 Å². The van der Waals surface area contributed by atoms with E-state index in [1.165, 1.54) is 0 Å². The van der Waals surface area contributed by atoms with E-state index < -0.39 is 0 Å². The lowest BCUT2D eigenvalue weighted by Crippen LogP contribution is -2.26. The summed E-state index contributed by atoms with van der Waals surface area (Å²) >= 11 is 0. The van der Waals surface area contributed by atoms with Gasteiger partial charge in [0, 0.05) is 43.8 Å². The molecule has 0 atom stereocenters. The van der Waals surface area contributed by atoms with E-state index in [1.807, 2.05) is 61.6 Å². The Balaban J connectivity index is 1.41. The van der Waals surface area contributed by atoms with Crippen molar-refractivity contribution in [1.82, 2.24) is 9.55 Å². The van der Waals surface area contributed by atoms with E-state index in [-0.39, 0.29) is 17.6 Å². The van der Waals surface area contributed by atoms with Gasteiger partial charge in [0.05, 0.1) is 11.0 Å². The van der Waals surface area contributed by atoms with Crippen LogP contribution in [0.2, 0.25) is 0 Å². The number of hydrogen-bond donors (Lipinski definition) is 4. The topological polar surface area (TPSA) is 138 Å². The molecular weight excluding hydrogens is 450 g/mol. The quantitative estimate of drug-likeness (QED) is 0.215. The van der Waals surface area contributed by atoms with Gasteiger partial charge in [-0.1, -0.05) is 48.5 Å². The van der Waals surface area contributed by atoms with Crippen molar-refractivity contribution in [3.05, 3.63) is 94.8 Å². The monoisotopic (exact) mass is 481 g/mol. The molecule has 6 N–H and O–H groups in total. The SMILES string of the molecule is CN(C(=O)CCc1ccc(C(=N)N)cc1)c1ccc2c(c1)nc(CCc1ccc(C(=N)N)cc1)n2C. The van der Waals surface area contributed by atoms with Gasteiger partial charge >= 0.3 is 0 Å². The van der Waals surface area contributed by atoms with Crippen LogP contribution in [0.3, 0.4) is 0 Å². The Morgan fingerprint density at radius 3 is 1.97 bits per heavy atom. The molecule has 0 aliphatic rings. The molecule has 8 heteroatoms. The van der Waals surface area contributed by atoms with Crippen molar-refractivity contribution < 1.29 is 4.79 Å². The number of aromatic nitrogens is 2. The molecule has 4 aromatic rings. The summed E-state index contributed by atoms with van der Waals surface area (Å²) < 4.78 is 2.09. The maximum Gasteiger partial charge on any atom is 0.227 e. The van der Waals surface area contributed by atoms with Crippen LogP contribution in [0.4, 0.5) is 5.69 Å². The molecule has 3 aromatic carbocycles. The van der Waals surface area contributed by atoms with Gasteiger partial charge in [-0.15, -0.1) is 0 Å². The summed E-state index contributed by atoms with van der Waals surface area (Å²) in [6.45, 7) is 0. The normalized spacial score (nSPS) is 10.9. The Morgan fingerprint density at radius 1 is 0.861 bits per heavy atom. The Bertz CT molecular complexity index is 1420. The van der Waals surface area contributed by atoms with Gasteiger partial charge in [-0.2, -0.15) is 0 Å². The number of nitrogens with two attached hydrogens (primary N) is 2. The first-order chi connectivity index (χ1) is 17.2. The number of aryl methyl sites for hydroxylation is 4. The average Bonchev–Trinajstić information content (AvgIpc) is 3.20. The maximum absolute atomic E-state index is 12.9. The van der Waals surface area contributed by atoms with Crippen LogP contribution in [0.15, 0.2) is 66.7 Å². The van der Waals surface area contributed by atoms with Crippen LogP contribution in [0, 0.1) is 10.8 Å². The summed E-state index contributed by atoms with van der Waals surface area (Å²) in [7, 11) is 3.80. The summed E-state index contributed by atoms with van der Waals surface area (Å²) in [6, 6.07) is 21.1. The molecule has 4 rings (SSSR count). The molecule has 8 nitrogen and oxygen atoms in total. The second-order valence-corrected chi connectivity index (χ2v) is 8.93. The highest BCUT2D eigenvalue weighted by Gasteiger charge is 2.14. The van der Waals surface area contributed by atoms with Crippen molar-refractivity contribution >= 4 is 34.3 Å². The van der Waals surface area contributed by atoms with Gasteiger partial charge in [0.1, 0.15) is 17.5 Å². The van der Waals surface area contributed by atoms with Crippen molar-refractivity contribution in [2.45, 2.75) is 25.7 Å². The largest absolute Gasteiger partial charge is 0.384 e. The number of anilines is 1. The number of nitrogen functional groups attached to an aromatic ring is 2. The molecule has 1 heterocycles. The first-order valence-corrected chi connectivity index (χ1v) is 11.8. The number of amidine groups is 2. The zero-order valence-electron chi connectivity index (χ0n) is 20.6. The third-order valence-electron chi connectivity index (χ3n) is 6.51. The summed E-state index contributed by atoms with van der Waals surface area (Å²) in [5.74, 6) is 1.10. The van der Waals surface area contributed by atoms with Gasteiger partial charge in [-0.3, -0.25) is 15.6 Å². The summed E-state index contributed by atoms with van der Waals surface area (Å²) in [5, 5.41) is 15.0. The fraction of sp³-hybridized carbons (Fsp3) is 0.214. The minimum atomic E-state index is 0.0233. The van der Waals surface area contributed by atoms with E-state index in [0.717, 1.165) is 52.1 Å². The second-order valence-electron chi connectivity index (χ2n) is 8.93. The first-order valence-electron chi connectivity index (χ1n) is 11.8. The highest BCUT2D eigenvalue weighted by Crippen LogP contribution is 2.23. The van der Waals surface area contributed by atoms with Crippen LogP contribution in [0.25, 0.3) is 11.0 Å². The lowest BCUT2D eigenvalue weighted by atomic mass is 10.1. The third-order valence-corrected chi connectivity index (χ3v) is 6.51. The number of nitrogens with zero attached hydrogens (tertiary/aromatic N) is 3. The molecule has 0 radical (unpaired) electrons. The molecule has 184 valence electrons. The first kappa shape index (κ1) is 24.7. The molecule has 1 amide bonds. The lowest BCUT2D eigenvalue weighted by molar-refractivity contribution is -0.118. The minimum absolute atomic E-state index is 0.0233. The number of amides is 1. The van der Waals surface area contributed by atoms with Crippen LogP contribution in [-0.2, 0) is 31.1 Å². The molecule has 0 spiro atoms. The molecule has 0 fully saturated rings. The number of benzene rings is 3. The zero-order valence-corrected chi connectivity index (χ0v) is 20.6. The highest BCUT2D eigenvalue weighted by molar-refractivity contribution is 5.96. The number of carbonyl (C=O) groups excluding carboxylic acids is 1. The van der Waals surface area contributed by atoms with Crippen molar-refractivity contribution in [3.63, 3.8) is 0 Å². The predicted molar refractivity (Wildman–Crippen MR) is 145 cm³/mol. The molecule has 0 saturated heterocycles. The second kappa shape index (κ2) is 10.4. The van der Waals surface area contributed by atoms with E-state index in [1.54, 1.807) is 24.1 Å². The summed E-state index contributed by atoms with van der Waals surface area (Å²) in [5.41, 5.74) is 17.3. The average molecular weight is 482 g/mol. The van der Waals surface area contributed by atoms with Crippen molar-refractivity contribution in [3.8, 4) is 0 Å². The molecular formula is C28H31N7O. The number of nitrogens with one attached hydrogen (secondary N) is 2. The van der Waals surface area contributed by atoms with Crippen LogP contribution >= 0.6 is 0 Å². The van der Waals surface area contributed by atoms with Crippen LogP contribution in [-0.4, -0.2) is 34.2 Å². The van der Waals surface area contributed by atoms with E-state index in [2.05, 4.69) is 4.57 Å². The van der Waals surface area contributed by atoms with Crippen LogP contribution in [0.5, 0.6) is 0 Å². The molecule has 0 aliphatic heterocycles. The van der Waals surface area contributed by atoms with E-state index in [0.29, 0.717) is 18.4 Å². The number of hydrogen-bond acceptors (Lipinski definition) is 4. The summed E-state index contributed by atoms with van der Waals surface area (Å²) in [4.78, 5) is 19.4. The Labute approximate surface area is 210 Å². The van der Waals surface area contributed by atoms with E-state index in [4.69, 9.17) is 27.3 Å². The third kappa shape index (κ3) is 5.43. The predicted octanol–water partition coefficient (Wildman–Crippen LogP) is 3.52. The standard InChI is InChI=1S/C28H31N7O/c1-34(26(36)16-8-19-5-11-21(12-6-19)28(31)32)22-13-14-24-23(17-22)33-25(35(24)2)15-7-18-3-9-20(10-4-18)27(29)30/h3-6,9-14,17H,7-8,15-16H2,1-2H3,(H3,29,30)(H3,31,32). The Morgan fingerprint density at radius 2 is 1.42 bits per heavy atom. The van der Waals surface area contributed by atoms with Gasteiger partial charge in [0.15, 0.2) is 0 Å². The molecule has 0 aliphatic carbocycles. The van der Waals surface area contributed by atoms with Gasteiger partial charge < -0.3 is 20.9 Å². The minimum Gasteiger partial charge on any atom is -0.384 e. The molecule has 0 saturated carbocycles. The molecule has 36 heavy (non-hydrogen) atoms. The van der Waals surface area contributed by atoms with E-state index >= 15 is 0 Å². The number of fused-ring (bicyclic) bond motifs is 1. The van der Waals surface area contributed by atoms with Crippen molar-refractivity contribution in [1.29, 1.82) is 10.8 Å². The lowest BCUT2D eigenvalue weighted by Gasteiger charge is -2.17. The van der Waals surface area contributed by atoms with Gasteiger partial charge in [-0.25, -0.2) is 4.98 Å². The van der Waals surface area contributed by atoms with Gasteiger partial charge in [-0.05, 0) is 42.2 Å². The highest BCUT2D eigenvalue weighted by atomic mass is 16.2. The Kier molecular flexibility index (Phi) is 7.15. The summed E-state index contributed by atoms with van der Waals surface area (Å²) in [6.07, 6.45) is 2.60. The fourth-order valence-electron chi connectivity index (χ4n) is 4.19. The molecule has 1 aromatic heterocycles. The molecule has 0 bridgehead atoms. The smallest absolute Gasteiger partial charge is 0.227 e. The zero-order chi connectivity index (χ0) is 25.8.